The van der Waals surface area contributed by atoms with Gasteiger partial charge in [-0.15, -0.1) is 0 Å². The van der Waals surface area contributed by atoms with Crippen molar-refractivity contribution in [2.45, 2.75) is 6.18 Å². The highest BCUT2D eigenvalue weighted by atomic mass is 32.2. The molecule has 64 valence electrons. The highest BCUT2D eigenvalue weighted by Gasteiger charge is 2.28. The van der Waals surface area contributed by atoms with Crippen molar-refractivity contribution in [3.05, 3.63) is 0 Å². The number of hydrogen-bond acceptors (Lipinski definition) is 3. The van der Waals surface area contributed by atoms with Gasteiger partial charge in [0.1, 0.15) is 4.38 Å². The molecule has 0 radical (unpaired) electrons. The molecule has 6 heteroatoms. The first-order valence-electron chi connectivity index (χ1n) is 2.95. The zero-order valence-corrected chi connectivity index (χ0v) is 7.15. The lowest BCUT2D eigenvalue weighted by molar-refractivity contribution is -0.105. The number of halogens is 3. The molecular weight excluding hydrogens is 195 g/mol. The number of alkyl halides is 3. The minimum atomic E-state index is -4.07. The average molecular weight is 201 g/mol. The van der Waals surface area contributed by atoms with Gasteiger partial charge in [0.15, 0.2) is 0 Å². The molecule has 1 nitrogen and oxygen atoms in total. The Bertz CT molecular complexity index is 166. The third kappa shape index (κ3) is 3.91. The van der Waals surface area contributed by atoms with Crippen LogP contribution in [0.3, 0.4) is 0 Å². The summed E-state index contributed by atoms with van der Waals surface area (Å²) in [6, 6.07) is 0. The van der Waals surface area contributed by atoms with Gasteiger partial charge in [0.05, 0.1) is 12.3 Å². The molecule has 0 aliphatic carbocycles. The van der Waals surface area contributed by atoms with E-state index in [0.717, 1.165) is 17.5 Å². The van der Waals surface area contributed by atoms with E-state index in [4.69, 9.17) is 0 Å². The summed E-state index contributed by atoms with van der Waals surface area (Å²) in [5.74, 6) is -0.000968. The van der Waals surface area contributed by atoms with Crippen LogP contribution >= 0.6 is 23.5 Å². The normalized spacial score (nSPS) is 18.6. The zero-order chi connectivity index (χ0) is 8.32. The first-order chi connectivity index (χ1) is 5.08. The Morgan fingerprint density at radius 2 is 2.27 bits per heavy atom. The Balaban J connectivity index is 2.22. The second kappa shape index (κ2) is 3.71. The maximum absolute atomic E-state index is 11.6. The van der Waals surface area contributed by atoms with Crippen LogP contribution in [0.5, 0.6) is 0 Å². The zero-order valence-electron chi connectivity index (χ0n) is 5.52. The molecule has 0 saturated carbocycles. The molecule has 11 heavy (non-hydrogen) atoms. The summed E-state index contributed by atoms with van der Waals surface area (Å²) in [6.07, 6.45) is -4.07. The van der Waals surface area contributed by atoms with E-state index in [-0.39, 0.29) is 0 Å². The monoisotopic (exact) mass is 201 g/mol. The molecule has 0 aromatic heterocycles. The van der Waals surface area contributed by atoms with Gasteiger partial charge in [-0.2, -0.15) is 13.2 Å². The molecule has 0 saturated heterocycles. The van der Waals surface area contributed by atoms with Gasteiger partial charge < -0.3 is 0 Å². The minimum absolute atomic E-state index is 0.572. The molecule has 0 amide bonds. The highest BCUT2D eigenvalue weighted by Crippen LogP contribution is 2.28. The Morgan fingerprint density at radius 1 is 1.55 bits per heavy atom. The fourth-order valence-electron chi connectivity index (χ4n) is 0.546. The van der Waals surface area contributed by atoms with Crippen LogP contribution in [-0.4, -0.2) is 28.6 Å². The van der Waals surface area contributed by atoms with Gasteiger partial charge >= 0.3 is 6.18 Å². The van der Waals surface area contributed by atoms with Crippen LogP contribution in [0.2, 0.25) is 0 Å². The summed E-state index contributed by atoms with van der Waals surface area (Å²) >= 11 is 2.17. The van der Waals surface area contributed by atoms with Crippen molar-refractivity contribution in [2.24, 2.45) is 4.99 Å². The first-order valence-corrected chi connectivity index (χ1v) is 4.92. The summed E-state index contributed by atoms with van der Waals surface area (Å²) < 4.78 is 35.4. The van der Waals surface area contributed by atoms with Crippen molar-refractivity contribution < 1.29 is 13.2 Å². The van der Waals surface area contributed by atoms with Crippen LogP contribution in [-0.2, 0) is 0 Å². The predicted octanol–water partition coefficient (Wildman–Crippen LogP) is 2.38. The van der Waals surface area contributed by atoms with Crippen LogP contribution in [0.4, 0.5) is 13.2 Å². The van der Waals surface area contributed by atoms with Crippen LogP contribution in [0.15, 0.2) is 4.99 Å². The number of rotatable bonds is 1. The van der Waals surface area contributed by atoms with E-state index >= 15 is 0 Å². The lowest BCUT2D eigenvalue weighted by Crippen LogP contribution is -2.11. The quantitative estimate of drug-likeness (QED) is 0.645. The topological polar surface area (TPSA) is 12.4 Å². The average Bonchev–Trinajstić information content (AvgIpc) is 2.32. The molecule has 0 aromatic carbocycles. The maximum atomic E-state index is 11.6. The second-order valence-electron chi connectivity index (χ2n) is 1.90. The van der Waals surface area contributed by atoms with E-state index in [0.29, 0.717) is 10.9 Å². The van der Waals surface area contributed by atoms with Crippen LogP contribution in [0, 0.1) is 0 Å². The standard InChI is InChI=1S/C5H6F3NS2/c6-5(7,8)3-11-4-9-1-2-10-4/h1-3H2. The summed E-state index contributed by atoms with van der Waals surface area (Å²) in [7, 11) is 0. The van der Waals surface area contributed by atoms with Gasteiger partial charge in [-0.25, -0.2) is 0 Å². The van der Waals surface area contributed by atoms with Gasteiger partial charge in [0, 0.05) is 5.75 Å². The van der Waals surface area contributed by atoms with E-state index in [9.17, 15) is 13.2 Å². The van der Waals surface area contributed by atoms with E-state index in [1.54, 1.807) is 0 Å². The lowest BCUT2D eigenvalue weighted by atomic mass is 10.8. The summed E-state index contributed by atoms with van der Waals surface area (Å²) in [4.78, 5) is 3.88. The van der Waals surface area contributed by atoms with Crippen LogP contribution in [0.25, 0.3) is 0 Å². The summed E-state index contributed by atoms with van der Waals surface area (Å²) in [5.41, 5.74) is 0. The predicted molar refractivity (Wildman–Crippen MR) is 43.3 cm³/mol. The molecule has 1 rings (SSSR count). The lowest BCUT2D eigenvalue weighted by Gasteiger charge is -2.03. The third-order valence-corrected chi connectivity index (χ3v) is 3.23. The van der Waals surface area contributed by atoms with Crippen LogP contribution in [0.1, 0.15) is 0 Å². The molecular formula is C5H6F3NS2. The number of thioether (sulfide) groups is 2. The summed E-state index contributed by atoms with van der Waals surface area (Å²) in [6.45, 7) is 0.658. The Morgan fingerprint density at radius 3 is 2.73 bits per heavy atom. The molecule has 0 N–H and O–H groups in total. The van der Waals surface area contributed by atoms with Crippen molar-refractivity contribution in [2.75, 3.05) is 18.1 Å². The number of nitrogens with zero attached hydrogens (tertiary/aromatic N) is 1. The van der Waals surface area contributed by atoms with Gasteiger partial charge in [0.25, 0.3) is 0 Å². The molecule has 0 aromatic rings. The smallest absolute Gasteiger partial charge is 0.271 e. The Kier molecular flexibility index (Phi) is 3.12. The summed E-state index contributed by atoms with van der Waals surface area (Å²) in [5, 5.41) is 0. The molecule has 0 unspecified atom stereocenters. The minimum Gasteiger partial charge on any atom is -0.271 e. The van der Waals surface area contributed by atoms with E-state index in [2.05, 4.69) is 4.99 Å². The molecule has 1 aliphatic rings. The molecule has 0 spiro atoms. The van der Waals surface area contributed by atoms with Crippen molar-refractivity contribution >= 4 is 27.9 Å². The fraction of sp³-hybridized carbons (Fsp3) is 0.800. The van der Waals surface area contributed by atoms with Gasteiger partial charge in [-0.3, -0.25) is 4.99 Å². The highest BCUT2D eigenvalue weighted by molar-refractivity contribution is 8.39. The SMILES string of the molecule is FC(F)(F)CSC1=NCCS1. The second-order valence-corrected chi connectivity index (χ2v) is 4.21. The third-order valence-electron chi connectivity index (χ3n) is 0.917. The maximum Gasteiger partial charge on any atom is 0.398 e. The van der Waals surface area contributed by atoms with Crippen molar-refractivity contribution in [1.29, 1.82) is 0 Å². The van der Waals surface area contributed by atoms with E-state index in [1.165, 1.54) is 11.8 Å². The Hall–Kier alpha value is 0.160. The molecule has 0 atom stereocenters. The van der Waals surface area contributed by atoms with E-state index in [1.807, 2.05) is 0 Å². The van der Waals surface area contributed by atoms with Gasteiger partial charge in [0.2, 0.25) is 0 Å². The molecule has 1 aliphatic heterocycles. The van der Waals surface area contributed by atoms with Crippen molar-refractivity contribution in [3.8, 4) is 0 Å². The Labute approximate surface area is 70.8 Å². The van der Waals surface area contributed by atoms with Gasteiger partial charge in [-0.05, 0) is 0 Å². The first kappa shape index (κ1) is 9.25. The fourth-order valence-corrected chi connectivity index (χ4v) is 2.32. The van der Waals surface area contributed by atoms with Crippen molar-refractivity contribution in [1.82, 2.24) is 0 Å². The molecule has 1 heterocycles. The molecule has 0 fully saturated rings. The largest absolute Gasteiger partial charge is 0.398 e. The molecule has 0 bridgehead atoms. The van der Waals surface area contributed by atoms with Crippen LogP contribution < -0.4 is 0 Å². The number of hydrogen-bond donors (Lipinski definition) is 0. The van der Waals surface area contributed by atoms with E-state index < -0.39 is 11.9 Å². The van der Waals surface area contributed by atoms with Crippen molar-refractivity contribution in [3.63, 3.8) is 0 Å². The number of aliphatic imine (C=N–C) groups is 1. The van der Waals surface area contributed by atoms with Gasteiger partial charge in [-0.1, -0.05) is 23.5 Å².